The van der Waals surface area contributed by atoms with Gasteiger partial charge in [0, 0.05) is 11.4 Å². The SMILES string of the molecule is CCOc1ccc(N2C(=S)N[C@@H](c3ccc(F)c(F)c3)C(C(=O)OC)=C2C)cc1. The molecule has 0 saturated heterocycles. The molecule has 0 radical (unpaired) electrons. The van der Waals surface area contributed by atoms with Crippen LogP contribution in [0, 0.1) is 11.6 Å². The average Bonchev–Trinajstić information content (AvgIpc) is 2.70. The van der Waals surface area contributed by atoms with Crippen LogP contribution < -0.4 is 15.0 Å². The number of methoxy groups -OCH3 is 1. The standard InChI is InChI=1S/C21H20F2N2O3S/c1-4-28-15-8-6-14(7-9-15)25-12(2)18(20(26)27-3)19(24-21(25)29)13-5-10-16(22)17(23)11-13/h5-11,19H,4H2,1-3H3,(H,24,29)/t19-/m0/s1. The predicted molar refractivity (Wildman–Crippen MR) is 110 cm³/mol. The number of carbonyl (C=O) groups excluding carboxylic acids is 1. The number of anilines is 1. The molecule has 152 valence electrons. The molecule has 1 heterocycles. The summed E-state index contributed by atoms with van der Waals surface area (Å²) in [6.45, 7) is 4.17. The maximum atomic E-state index is 13.8. The van der Waals surface area contributed by atoms with Crippen LogP contribution in [-0.2, 0) is 9.53 Å². The van der Waals surface area contributed by atoms with Gasteiger partial charge in [0.25, 0.3) is 0 Å². The monoisotopic (exact) mass is 418 g/mol. The molecule has 0 spiro atoms. The molecule has 0 bridgehead atoms. The third-order valence-corrected chi connectivity index (χ3v) is 4.87. The van der Waals surface area contributed by atoms with Gasteiger partial charge >= 0.3 is 5.97 Å². The lowest BCUT2D eigenvalue weighted by Gasteiger charge is -2.37. The van der Waals surface area contributed by atoms with Crippen LogP contribution in [0.15, 0.2) is 53.7 Å². The first kappa shape index (κ1) is 20.7. The summed E-state index contributed by atoms with van der Waals surface area (Å²) in [6, 6.07) is 9.91. The van der Waals surface area contributed by atoms with Crippen LogP contribution in [0.4, 0.5) is 14.5 Å². The highest BCUT2D eigenvalue weighted by Crippen LogP contribution is 2.35. The zero-order valence-corrected chi connectivity index (χ0v) is 17.0. The Labute approximate surface area is 172 Å². The maximum absolute atomic E-state index is 13.8. The quantitative estimate of drug-likeness (QED) is 0.579. The van der Waals surface area contributed by atoms with Crippen molar-refractivity contribution in [3.63, 3.8) is 0 Å². The summed E-state index contributed by atoms with van der Waals surface area (Å²) in [4.78, 5) is 14.2. The number of hydrogen-bond donors (Lipinski definition) is 1. The molecule has 8 heteroatoms. The van der Waals surface area contributed by atoms with Gasteiger partial charge in [-0.2, -0.15) is 0 Å². The van der Waals surface area contributed by atoms with Gasteiger partial charge in [0.15, 0.2) is 16.7 Å². The molecular formula is C21H20F2N2O3S. The van der Waals surface area contributed by atoms with Crippen LogP contribution in [0.5, 0.6) is 5.75 Å². The number of esters is 1. The topological polar surface area (TPSA) is 50.8 Å². The van der Waals surface area contributed by atoms with E-state index in [0.717, 1.165) is 12.1 Å². The van der Waals surface area contributed by atoms with Crippen molar-refractivity contribution in [2.75, 3.05) is 18.6 Å². The number of rotatable bonds is 5. The van der Waals surface area contributed by atoms with Crippen molar-refractivity contribution in [2.45, 2.75) is 19.9 Å². The number of nitrogens with one attached hydrogen (secondary N) is 1. The van der Waals surface area contributed by atoms with Crippen LogP contribution in [0.3, 0.4) is 0 Å². The number of carbonyl (C=O) groups is 1. The molecule has 0 saturated carbocycles. The van der Waals surface area contributed by atoms with Gasteiger partial charge in [-0.25, -0.2) is 13.6 Å². The summed E-state index contributed by atoms with van der Waals surface area (Å²) in [5.41, 5.74) is 1.85. The Kier molecular flexibility index (Phi) is 6.12. The van der Waals surface area contributed by atoms with E-state index in [9.17, 15) is 13.6 Å². The van der Waals surface area contributed by atoms with Gasteiger partial charge in [0.2, 0.25) is 0 Å². The second kappa shape index (κ2) is 8.57. The normalized spacial score (nSPS) is 16.5. The minimum absolute atomic E-state index is 0.251. The highest BCUT2D eigenvalue weighted by molar-refractivity contribution is 7.80. The molecular weight excluding hydrogens is 398 g/mol. The van der Waals surface area contributed by atoms with E-state index in [1.165, 1.54) is 13.2 Å². The van der Waals surface area contributed by atoms with Gasteiger partial charge in [0.1, 0.15) is 5.75 Å². The molecule has 0 unspecified atom stereocenters. The van der Waals surface area contributed by atoms with Crippen LogP contribution in [0.25, 0.3) is 0 Å². The van der Waals surface area contributed by atoms with Crippen LogP contribution >= 0.6 is 12.2 Å². The highest BCUT2D eigenvalue weighted by Gasteiger charge is 2.35. The Bertz CT molecular complexity index is 976. The lowest BCUT2D eigenvalue weighted by molar-refractivity contribution is -0.136. The molecule has 29 heavy (non-hydrogen) atoms. The minimum Gasteiger partial charge on any atom is -0.494 e. The van der Waals surface area contributed by atoms with E-state index in [1.807, 2.05) is 19.1 Å². The number of hydrogen-bond acceptors (Lipinski definition) is 4. The third kappa shape index (κ3) is 4.07. The van der Waals surface area contributed by atoms with Crippen molar-refractivity contribution >= 4 is 29.0 Å². The summed E-state index contributed by atoms with van der Waals surface area (Å²) in [7, 11) is 1.26. The molecule has 2 aromatic rings. The third-order valence-electron chi connectivity index (χ3n) is 4.57. The molecule has 5 nitrogen and oxygen atoms in total. The minimum atomic E-state index is -1.01. The van der Waals surface area contributed by atoms with Crippen LogP contribution in [0.1, 0.15) is 25.5 Å². The van der Waals surface area contributed by atoms with E-state index in [4.69, 9.17) is 21.7 Å². The molecule has 2 aromatic carbocycles. The molecule has 1 atom stereocenters. The predicted octanol–water partition coefficient (Wildman–Crippen LogP) is 4.25. The summed E-state index contributed by atoms with van der Waals surface area (Å²) in [6.07, 6.45) is 0. The molecule has 0 aromatic heterocycles. The first-order valence-electron chi connectivity index (χ1n) is 8.94. The van der Waals surface area contributed by atoms with Crippen LogP contribution in [0.2, 0.25) is 0 Å². The van der Waals surface area contributed by atoms with Crippen molar-refractivity contribution < 1.29 is 23.0 Å². The number of nitrogens with zero attached hydrogens (tertiary/aromatic N) is 1. The van der Waals surface area contributed by atoms with E-state index in [-0.39, 0.29) is 5.57 Å². The Balaban J connectivity index is 2.07. The van der Waals surface area contributed by atoms with Gasteiger partial charge in [-0.15, -0.1) is 0 Å². The van der Waals surface area contributed by atoms with Gasteiger partial charge in [-0.3, -0.25) is 4.90 Å². The molecule has 1 aliphatic heterocycles. The van der Waals surface area contributed by atoms with E-state index in [1.54, 1.807) is 24.0 Å². The van der Waals surface area contributed by atoms with Crippen molar-refractivity contribution in [1.82, 2.24) is 5.32 Å². The highest BCUT2D eigenvalue weighted by atomic mass is 32.1. The Morgan fingerprint density at radius 3 is 2.45 bits per heavy atom. The molecule has 0 fully saturated rings. The van der Waals surface area contributed by atoms with E-state index >= 15 is 0 Å². The molecule has 0 amide bonds. The summed E-state index contributed by atoms with van der Waals surface area (Å²) in [5, 5.41) is 3.36. The average molecular weight is 418 g/mol. The van der Waals surface area contributed by atoms with Gasteiger partial charge in [-0.1, -0.05) is 6.07 Å². The summed E-state index contributed by atoms with van der Waals surface area (Å²) >= 11 is 5.51. The van der Waals surface area contributed by atoms with Gasteiger partial charge in [0.05, 0.1) is 25.3 Å². The number of allylic oxidation sites excluding steroid dienone is 1. The van der Waals surface area contributed by atoms with Crippen LogP contribution in [-0.4, -0.2) is 24.8 Å². The van der Waals surface area contributed by atoms with Crippen molar-refractivity contribution in [1.29, 1.82) is 0 Å². The molecule has 1 N–H and O–H groups in total. The van der Waals surface area contributed by atoms with E-state index in [2.05, 4.69) is 5.32 Å². The fourth-order valence-corrected chi connectivity index (χ4v) is 3.59. The largest absolute Gasteiger partial charge is 0.494 e. The molecule has 1 aliphatic rings. The molecule has 0 aliphatic carbocycles. The van der Waals surface area contributed by atoms with Crippen molar-refractivity contribution in [2.24, 2.45) is 0 Å². The summed E-state index contributed by atoms with van der Waals surface area (Å²) in [5.74, 6) is -1.86. The number of ether oxygens (including phenoxy) is 2. The zero-order valence-electron chi connectivity index (χ0n) is 16.2. The Hall–Kier alpha value is -3.00. The van der Waals surface area contributed by atoms with E-state index in [0.29, 0.717) is 34.4 Å². The number of benzene rings is 2. The van der Waals surface area contributed by atoms with Crippen molar-refractivity contribution in [3.05, 3.63) is 70.9 Å². The number of thiocarbonyl (C=S) groups is 1. The first-order chi connectivity index (χ1) is 13.9. The van der Waals surface area contributed by atoms with Gasteiger partial charge < -0.3 is 14.8 Å². The smallest absolute Gasteiger partial charge is 0.337 e. The molecule has 3 rings (SSSR count). The second-order valence-corrected chi connectivity index (χ2v) is 6.70. The fourth-order valence-electron chi connectivity index (χ4n) is 3.23. The van der Waals surface area contributed by atoms with Gasteiger partial charge in [-0.05, 0) is 68.0 Å². The summed E-state index contributed by atoms with van der Waals surface area (Å²) < 4.78 is 37.6. The zero-order chi connectivity index (χ0) is 21.1. The lowest BCUT2D eigenvalue weighted by atomic mass is 9.94. The fraction of sp³-hybridized carbons (Fsp3) is 0.238. The van der Waals surface area contributed by atoms with Crippen molar-refractivity contribution in [3.8, 4) is 5.75 Å². The Morgan fingerprint density at radius 1 is 1.17 bits per heavy atom. The maximum Gasteiger partial charge on any atom is 0.337 e. The lowest BCUT2D eigenvalue weighted by Crippen LogP contribution is -2.48. The van der Waals surface area contributed by atoms with E-state index < -0.39 is 23.6 Å². The number of halogens is 2. The first-order valence-corrected chi connectivity index (χ1v) is 9.35. The second-order valence-electron chi connectivity index (χ2n) is 6.31. The Morgan fingerprint density at radius 2 is 1.86 bits per heavy atom.